The molecular weight excluding hydrogens is 200 g/mol. The molecule has 0 radical (unpaired) electrons. The number of nitrogens with two attached hydrogens (primary N) is 1. The molecule has 0 atom stereocenters. The third kappa shape index (κ3) is 3.14. The summed E-state index contributed by atoms with van der Waals surface area (Å²) < 4.78 is 0. The van der Waals surface area contributed by atoms with Gasteiger partial charge >= 0.3 is 0 Å². The van der Waals surface area contributed by atoms with E-state index in [9.17, 15) is 5.11 Å². The van der Waals surface area contributed by atoms with Crippen LogP contribution in [0.25, 0.3) is 0 Å². The van der Waals surface area contributed by atoms with E-state index in [-0.39, 0.29) is 0 Å². The normalized spacial score (nSPS) is 11.3. The average molecular weight is 222 g/mol. The molecule has 0 saturated carbocycles. The number of benzene rings is 1. The summed E-state index contributed by atoms with van der Waals surface area (Å²) >= 11 is 0. The highest BCUT2D eigenvalue weighted by molar-refractivity contribution is 5.47. The highest BCUT2D eigenvalue weighted by Crippen LogP contribution is 2.22. The van der Waals surface area contributed by atoms with Gasteiger partial charge < -0.3 is 10.8 Å². The minimum absolute atomic E-state index is 0.326. The Hall–Kier alpha value is -1.22. The Labute approximate surface area is 97.9 Å². The molecule has 0 spiro atoms. The van der Waals surface area contributed by atoms with E-state index in [1.807, 2.05) is 6.07 Å². The largest absolute Gasteiger partial charge is 0.508 e. The zero-order chi connectivity index (χ0) is 12.1. The topological polar surface area (TPSA) is 49.5 Å². The molecule has 0 aliphatic carbocycles. The van der Waals surface area contributed by atoms with Crippen LogP contribution in [0.15, 0.2) is 18.2 Å². The molecule has 0 amide bonds. The van der Waals surface area contributed by atoms with Crippen molar-refractivity contribution in [1.82, 2.24) is 4.90 Å². The Morgan fingerprint density at radius 3 is 2.50 bits per heavy atom. The summed E-state index contributed by atoms with van der Waals surface area (Å²) in [4.78, 5) is 2.26. The van der Waals surface area contributed by atoms with Crippen molar-refractivity contribution in [2.45, 2.75) is 39.3 Å². The fourth-order valence-corrected chi connectivity index (χ4v) is 2.04. The average Bonchev–Trinajstić information content (AvgIpc) is 2.25. The zero-order valence-electron chi connectivity index (χ0n) is 10.4. The Morgan fingerprint density at radius 2 is 1.94 bits per heavy atom. The molecule has 1 aromatic rings. The van der Waals surface area contributed by atoms with Crippen LogP contribution in [0.2, 0.25) is 0 Å². The third-order valence-electron chi connectivity index (χ3n) is 3.09. The van der Waals surface area contributed by atoms with Crippen LogP contribution in [0.3, 0.4) is 0 Å². The van der Waals surface area contributed by atoms with Gasteiger partial charge in [-0.1, -0.05) is 13.8 Å². The molecule has 3 nitrogen and oxygen atoms in total. The fourth-order valence-electron chi connectivity index (χ4n) is 2.04. The number of hydrogen-bond acceptors (Lipinski definition) is 3. The standard InChI is InChI=1S/C13H22N2O/c1-4-12(5-2)15(3)9-10-8-11(14)6-7-13(10)16/h6-8,12,16H,4-5,9,14H2,1-3H3. The maximum atomic E-state index is 9.73. The molecule has 0 fully saturated rings. The van der Waals surface area contributed by atoms with Crippen molar-refractivity contribution in [1.29, 1.82) is 0 Å². The van der Waals surface area contributed by atoms with Crippen LogP contribution in [0.4, 0.5) is 5.69 Å². The Morgan fingerprint density at radius 1 is 1.31 bits per heavy atom. The van der Waals surface area contributed by atoms with Crippen LogP contribution in [0.1, 0.15) is 32.3 Å². The van der Waals surface area contributed by atoms with Gasteiger partial charge in [0, 0.05) is 23.8 Å². The lowest BCUT2D eigenvalue weighted by atomic mass is 10.1. The van der Waals surface area contributed by atoms with Crippen molar-refractivity contribution < 1.29 is 5.11 Å². The van der Waals surface area contributed by atoms with Gasteiger partial charge in [-0.2, -0.15) is 0 Å². The second-order valence-electron chi connectivity index (χ2n) is 4.27. The molecule has 1 rings (SSSR count). The summed E-state index contributed by atoms with van der Waals surface area (Å²) in [5, 5.41) is 9.73. The first kappa shape index (κ1) is 12.8. The number of nitrogens with zero attached hydrogens (tertiary/aromatic N) is 1. The number of rotatable bonds is 5. The third-order valence-corrected chi connectivity index (χ3v) is 3.09. The summed E-state index contributed by atoms with van der Waals surface area (Å²) in [7, 11) is 2.08. The monoisotopic (exact) mass is 222 g/mol. The molecule has 0 unspecified atom stereocenters. The van der Waals surface area contributed by atoms with Crippen molar-refractivity contribution in [3.63, 3.8) is 0 Å². The highest BCUT2D eigenvalue weighted by Gasteiger charge is 2.12. The van der Waals surface area contributed by atoms with Gasteiger partial charge in [-0.25, -0.2) is 0 Å². The lowest BCUT2D eigenvalue weighted by Gasteiger charge is -2.26. The zero-order valence-corrected chi connectivity index (χ0v) is 10.4. The molecule has 0 heterocycles. The second kappa shape index (κ2) is 5.75. The van der Waals surface area contributed by atoms with Crippen molar-refractivity contribution in [3.05, 3.63) is 23.8 Å². The van der Waals surface area contributed by atoms with Gasteiger partial charge in [0.2, 0.25) is 0 Å². The molecule has 3 heteroatoms. The molecule has 90 valence electrons. The first-order valence-electron chi connectivity index (χ1n) is 5.86. The molecular formula is C13H22N2O. The molecule has 3 N–H and O–H groups in total. The molecule has 0 aliphatic heterocycles. The maximum absolute atomic E-state index is 9.73. The first-order chi connectivity index (χ1) is 7.58. The molecule has 0 aromatic heterocycles. The van der Waals surface area contributed by atoms with Gasteiger partial charge in [-0.3, -0.25) is 4.90 Å². The van der Waals surface area contributed by atoms with Crippen LogP contribution in [0, 0.1) is 0 Å². The second-order valence-corrected chi connectivity index (χ2v) is 4.27. The highest BCUT2D eigenvalue weighted by atomic mass is 16.3. The van der Waals surface area contributed by atoms with Gasteiger partial charge in [-0.15, -0.1) is 0 Å². The number of phenolic OH excluding ortho intramolecular Hbond substituents is 1. The molecule has 16 heavy (non-hydrogen) atoms. The number of aromatic hydroxyl groups is 1. The van der Waals surface area contributed by atoms with Crippen LogP contribution < -0.4 is 5.73 Å². The lowest BCUT2D eigenvalue weighted by molar-refractivity contribution is 0.219. The summed E-state index contributed by atoms with van der Waals surface area (Å²) in [6.07, 6.45) is 2.24. The van der Waals surface area contributed by atoms with E-state index in [1.165, 1.54) is 0 Å². The summed E-state index contributed by atoms with van der Waals surface area (Å²) in [5.74, 6) is 0.326. The van der Waals surface area contributed by atoms with Gasteiger partial charge in [0.25, 0.3) is 0 Å². The Bertz CT molecular complexity index is 335. The predicted molar refractivity (Wildman–Crippen MR) is 68.4 cm³/mol. The van der Waals surface area contributed by atoms with E-state index in [0.717, 1.165) is 24.9 Å². The molecule has 1 aromatic carbocycles. The summed E-state index contributed by atoms with van der Waals surface area (Å²) in [6, 6.07) is 5.77. The van der Waals surface area contributed by atoms with Crippen LogP contribution in [-0.4, -0.2) is 23.1 Å². The van der Waals surface area contributed by atoms with E-state index >= 15 is 0 Å². The van der Waals surface area contributed by atoms with E-state index in [2.05, 4.69) is 25.8 Å². The SMILES string of the molecule is CCC(CC)N(C)Cc1cc(N)ccc1O. The van der Waals surface area contributed by atoms with E-state index < -0.39 is 0 Å². The first-order valence-corrected chi connectivity index (χ1v) is 5.86. The van der Waals surface area contributed by atoms with Crippen molar-refractivity contribution >= 4 is 5.69 Å². The van der Waals surface area contributed by atoms with Crippen molar-refractivity contribution in [2.75, 3.05) is 12.8 Å². The van der Waals surface area contributed by atoms with E-state index in [0.29, 0.717) is 17.5 Å². The minimum Gasteiger partial charge on any atom is -0.508 e. The number of anilines is 1. The van der Waals surface area contributed by atoms with E-state index in [4.69, 9.17) is 5.73 Å². The van der Waals surface area contributed by atoms with Gasteiger partial charge in [0.15, 0.2) is 0 Å². The van der Waals surface area contributed by atoms with Gasteiger partial charge in [0.1, 0.15) is 5.75 Å². The van der Waals surface area contributed by atoms with Crippen molar-refractivity contribution in [2.24, 2.45) is 0 Å². The predicted octanol–water partition coefficient (Wildman–Crippen LogP) is 2.59. The van der Waals surface area contributed by atoms with E-state index in [1.54, 1.807) is 12.1 Å². The number of phenols is 1. The molecule has 0 aliphatic rings. The minimum atomic E-state index is 0.326. The summed E-state index contributed by atoms with van der Waals surface area (Å²) in [5.41, 5.74) is 7.31. The van der Waals surface area contributed by atoms with Crippen LogP contribution in [-0.2, 0) is 6.54 Å². The fraction of sp³-hybridized carbons (Fsp3) is 0.538. The maximum Gasteiger partial charge on any atom is 0.120 e. The smallest absolute Gasteiger partial charge is 0.120 e. The Balaban J connectivity index is 2.75. The van der Waals surface area contributed by atoms with Gasteiger partial charge in [-0.05, 0) is 38.1 Å². The molecule has 0 bridgehead atoms. The van der Waals surface area contributed by atoms with Crippen LogP contribution >= 0.6 is 0 Å². The molecule has 0 saturated heterocycles. The number of nitrogen functional groups attached to an aromatic ring is 1. The number of hydrogen-bond donors (Lipinski definition) is 2. The van der Waals surface area contributed by atoms with Gasteiger partial charge in [0.05, 0.1) is 0 Å². The quantitative estimate of drug-likeness (QED) is 0.594. The summed E-state index contributed by atoms with van der Waals surface area (Å²) in [6.45, 7) is 5.11. The van der Waals surface area contributed by atoms with Crippen LogP contribution in [0.5, 0.6) is 5.75 Å². The van der Waals surface area contributed by atoms with Crippen molar-refractivity contribution in [3.8, 4) is 5.75 Å². The Kier molecular flexibility index (Phi) is 4.62. The lowest BCUT2D eigenvalue weighted by Crippen LogP contribution is -2.30.